The van der Waals surface area contributed by atoms with Crippen molar-refractivity contribution >= 4 is 5.97 Å². The van der Waals surface area contributed by atoms with Gasteiger partial charge in [-0.2, -0.15) is 0 Å². The van der Waals surface area contributed by atoms with E-state index >= 15 is 0 Å². The number of fused-ring (bicyclic) bond motifs is 2. The molecule has 1 aromatic carbocycles. The fraction of sp³-hybridized carbons (Fsp3) is 0.788. The van der Waals surface area contributed by atoms with Gasteiger partial charge in [-0.1, -0.05) is 30.3 Å². The molecule has 1 heterocycles. The van der Waals surface area contributed by atoms with Gasteiger partial charge in [-0.25, -0.2) is 0 Å². The number of methoxy groups -OCH3 is 4. The van der Waals surface area contributed by atoms with Crippen molar-refractivity contribution in [1.29, 1.82) is 0 Å². The van der Waals surface area contributed by atoms with Crippen molar-refractivity contribution in [3.05, 3.63) is 35.9 Å². The highest BCUT2D eigenvalue weighted by atomic mass is 16.6. The molecule has 0 aromatic heterocycles. The van der Waals surface area contributed by atoms with E-state index in [0.717, 1.165) is 24.9 Å². The van der Waals surface area contributed by atoms with Crippen molar-refractivity contribution in [2.75, 3.05) is 48.6 Å². The summed E-state index contributed by atoms with van der Waals surface area (Å²) in [6.45, 7) is 3.01. The van der Waals surface area contributed by atoms with Crippen molar-refractivity contribution in [3.63, 3.8) is 0 Å². The lowest BCUT2D eigenvalue weighted by molar-refractivity contribution is -0.323. The zero-order valence-electron chi connectivity index (χ0n) is 26.1. The van der Waals surface area contributed by atoms with E-state index in [9.17, 15) is 15.0 Å². The minimum absolute atomic E-state index is 0.0109. The van der Waals surface area contributed by atoms with Gasteiger partial charge in [0.2, 0.25) is 0 Å². The Morgan fingerprint density at radius 3 is 2.42 bits per heavy atom. The van der Waals surface area contributed by atoms with Crippen LogP contribution in [0.2, 0.25) is 0 Å². The summed E-state index contributed by atoms with van der Waals surface area (Å²) in [6.07, 6.45) is -1.53. The normalized spacial score (nSPS) is 51.0. The van der Waals surface area contributed by atoms with Gasteiger partial charge in [0, 0.05) is 76.5 Å². The first kappa shape index (κ1) is 30.0. The molecular weight excluding hydrogens is 554 g/mol. The number of rotatable bonds is 9. The van der Waals surface area contributed by atoms with Crippen LogP contribution in [0.15, 0.2) is 30.3 Å². The molecule has 43 heavy (non-hydrogen) atoms. The van der Waals surface area contributed by atoms with Gasteiger partial charge in [-0.15, -0.1) is 0 Å². The van der Waals surface area contributed by atoms with Gasteiger partial charge in [0.25, 0.3) is 0 Å². The molecule has 6 fully saturated rings. The van der Waals surface area contributed by atoms with Crippen LogP contribution >= 0.6 is 0 Å². The fourth-order valence-electron chi connectivity index (χ4n) is 12.3. The van der Waals surface area contributed by atoms with Gasteiger partial charge in [0.15, 0.2) is 5.60 Å². The number of carbonyl (C=O) groups is 1. The number of carbonyl (C=O) groups excluding carboxylic acids is 1. The maximum atomic E-state index is 13.2. The van der Waals surface area contributed by atoms with Gasteiger partial charge >= 0.3 is 5.97 Å². The molecule has 238 valence electrons. The SMILES string of the molecule is COC[C@@]12CC[C@H](OC)[C@@]34C5C[C@@]6(O)C(OCc7ccccc7)C5[C@@](OC(C)=O)(C(C(OC)C13)C4N(C)C2)[C@@H](O)[C@@H]6OC. The van der Waals surface area contributed by atoms with E-state index in [0.29, 0.717) is 13.0 Å². The van der Waals surface area contributed by atoms with Crippen LogP contribution in [0.5, 0.6) is 0 Å². The molecule has 1 spiro atoms. The van der Waals surface area contributed by atoms with Crippen molar-refractivity contribution in [2.24, 2.45) is 34.5 Å². The smallest absolute Gasteiger partial charge is 0.303 e. The summed E-state index contributed by atoms with van der Waals surface area (Å²) in [6, 6.07) is 9.71. The number of benzene rings is 1. The first-order chi connectivity index (χ1) is 20.6. The predicted molar refractivity (Wildman–Crippen MR) is 154 cm³/mol. The molecule has 14 atom stereocenters. The van der Waals surface area contributed by atoms with Gasteiger partial charge in [0.1, 0.15) is 17.8 Å². The van der Waals surface area contributed by atoms with E-state index in [-0.39, 0.29) is 42.1 Å². The molecule has 1 saturated heterocycles. The summed E-state index contributed by atoms with van der Waals surface area (Å²) in [5.74, 6) is -1.66. The highest BCUT2D eigenvalue weighted by molar-refractivity contribution is 5.67. The zero-order chi connectivity index (χ0) is 30.5. The minimum Gasteiger partial charge on any atom is -0.455 e. The fourth-order valence-corrected chi connectivity index (χ4v) is 12.3. The maximum Gasteiger partial charge on any atom is 0.303 e. The third-order valence-electron chi connectivity index (χ3n) is 12.8. The van der Waals surface area contributed by atoms with Crippen LogP contribution in [-0.4, -0.2) is 117 Å². The van der Waals surface area contributed by atoms with Crippen molar-refractivity contribution < 1.29 is 43.4 Å². The van der Waals surface area contributed by atoms with Crippen LogP contribution in [-0.2, 0) is 39.8 Å². The Hall–Kier alpha value is -1.63. The van der Waals surface area contributed by atoms with Crippen molar-refractivity contribution in [2.45, 2.75) is 80.6 Å². The monoisotopic (exact) mass is 601 g/mol. The van der Waals surface area contributed by atoms with E-state index < -0.39 is 52.7 Å². The van der Waals surface area contributed by atoms with E-state index in [1.54, 1.807) is 21.3 Å². The number of aliphatic hydroxyl groups is 2. The molecule has 0 radical (unpaired) electrons. The highest BCUT2D eigenvalue weighted by Crippen LogP contribution is 2.80. The molecule has 5 aliphatic carbocycles. The van der Waals surface area contributed by atoms with Gasteiger partial charge < -0.3 is 43.5 Å². The molecule has 2 N–H and O–H groups in total. The number of aliphatic hydroxyl groups excluding tert-OH is 1. The van der Waals surface area contributed by atoms with E-state index in [2.05, 4.69) is 11.9 Å². The van der Waals surface area contributed by atoms with Crippen LogP contribution in [0.4, 0.5) is 0 Å². The number of piperidine rings is 1. The molecule has 7 unspecified atom stereocenters. The Kier molecular flexibility index (Phi) is 7.12. The lowest BCUT2D eigenvalue weighted by Gasteiger charge is -2.69. The first-order valence-corrected chi connectivity index (χ1v) is 15.7. The summed E-state index contributed by atoms with van der Waals surface area (Å²) < 4.78 is 38.2. The third-order valence-corrected chi connectivity index (χ3v) is 12.8. The predicted octanol–water partition coefficient (Wildman–Crippen LogP) is 1.65. The number of ether oxygens (including phenoxy) is 6. The summed E-state index contributed by atoms with van der Waals surface area (Å²) in [5, 5.41) is 25.2. The largest absolute Gasteiger partial charge is 0.455 e. The second-order valence-corrected chi connectivity index (χ2v) is 14.2. The van der Waals surface area contributed by atoms with Crippen LogP contribution in [0.3, 0.4) is 0 Å². The topological polar surface area (TPSA) is 116 Å². The zero-order valence-corrected chi connectivity index (χ0v) is 26.1. The van der Waals surface area contributed by atoms with Gasteiger partial charge in [-0.05, 0) is 37.8 Å². The second kappa shape index (κ2) is 10.2. The molecule has 10 heteroatoms. The van der Waals surface area contributed by atoms with Crippen molar-refractivity contribution in [1.82, 2.24) is 4.90 Å². The third kappa shape index (κ3) is 3.50. The molecular formula is C33H47NO9. The number of likely N-dealkylation sites (tertiary alicyclic amines) is 1. The van der Waals surface area contributed by atoms with Crippen LogP contribution in [0.25, 0.3) is 0 Å². The molecule has 0 amide bonds. The molecule has 7 bridgehead atoms. The highest BCUT2D eigenvalue weighted by Gasteiger charge is 2.91. The second-order valence-electron chi connectivity index (χ2n) is 14.2. The lowest BCUT2D eigenvalue weighted by atomic mass is 9.43. The van der Waals surface area contributed by atoms with Crippen molar-refractivity contribution in [3.8, 4) is 0 Å². The van der Waals surface area contributed by atoms with E-state index in [1.807, 2.05) is 30.3 Å². The standard InChI is InChI=1S/C33H47NO9/c1-18(35)43-33-22-20(14-31(37,29(41-6)27(33)36)28(22)42-15-19-10-8-7-9-11-19)32-21(39-4)12-13-30(17-38-3)16-34(2)26(32)23(33)24(40-5)25(30)32/h7-11,20-29,36-37H,12-17H2,1-6H3/t20?,21-,22?,23?,24?,25?,26?,27-,28?,29-,30-,31+,32-,33+/m0/s1. The Balaban J connectivity index is 1.49. The van der Waals surface area contributed by atoms with Gasteiger partial charge in [0.05, 0.1) is 31.5 Å². The summed E-state index contributed by atoms with van der Waals surface area (Å²) in [4.78, 5) is 15.6. The first-order valence-electron chi connectivity index (χ1n) is 15.7. The number of nitrogens with zero attached hydrogens (tertiary/aromatic N) is 1. The maximum absolute atomic E-state index is 13.2. The average Bonchev–Trinajstić information content (AvgIpc) is 3.38. The van der Waals surface area contributed by atoms with E-state index in [1.165, 1.54) is 14.0 Å². The molecule has 10 nitrogen and oxygen atoms in total. The van der Waals surface area contributed by atoms with Crippen LogP contribution in [0.1, 0.15) is 31.7 Å². The lowest BCUT2D eigenvalue weighted by Crippen LogP contribution is -2.80. The molecule has 1 aliphatic heterocycles. The number of esters is 1. The number of hydrogen-bond donors (Lipinski definition) is 2. The van der Waals surface area contributed by atoms with E-state index in [4.69, 9.17) is 28.4 Å². The quantitative estimate of drug-likeness (QED) is 0.405. The Morgan fingerprint density at radius 2 is 1.79 bits per heavy atom. The molecule has 7 rings (SSSR count). The summed E-state index contributed by atoms with van der Waals surface area (Å²) in [5.41, 5.74) is -2.69. The Bertz CT molecular complexity index is 1230. The number of hydrogen-bond acceptors (Lipinski definition) is 10. The minimum atomic E-state index is -1.52. The van der Waals surface area contributed by atoms with Gasteiger partial charge in [-0.3, -0.25) is 4.79 Å². The molecule has 6 aliphatic rings. The summed E-state index contributed by atoms with van der Waals surface area (Å²) in [7, 11) is 8.90. The molecule has 1 aromatic rings. The molecule has 5 saturated carbocycles. The van der Waals surface area contributed by atoms with Crippen LogP contribution in [0, 0.1) is 34.5 Å². The Morgan fingerprint density at radius 1 is 1.05 bits per heavy atom. The average molecular weight is 602 g/mol. The Labute approximate surface area is 253 Å². The van der Waals surface area contributed by atoms with Crippen LogP contribution < -0.4 is 0 Å². The summed E-state index contributed by atoms with van der Waals surface area (Å²) >= 11 is 0.